The van der Waals surface area contributed by atoms with Crippen LogP contribution in [0.1, 0.15) is 5.56 Å². The summed E-state index contributed by atoms with van der Waals surface area (Å²) < 4.78 is 23.7. The van der Waals surface area contributed by atoms with Crippen molar-refractivity contribution in [3.63, 3.8) is 0 Å². The van der Waals surface area contributed by atoms with E-state index in [4.69, 9.17) is 0 Å². The van der Waals surface area contributed by atoms with Gasteiger partial charge in [-0.3, -0.25) is 0 Å². The Kier molecular flexibility index (Phi) is 2.15. The van der Waals surface area contributed by atoms with Crippen LogP contribution in [0.15, 0.2) is 30.6 Å². The molecule has 0 atom stereocenters. The fourth-order valence-corrected chi connectivity index (χ4v) is 0.647. The lowest BCUT2D eigenvalue weighted by atomic mass is 10.2. The van der Waals surface area contributed by atoms with Crippen molar-refractivity contribution in [1.29, 1.82) is 0 Å². The molecule has 1 aromatic rings. The summed E-state index contributed by atoms with van der Waals surface area (Å²) in [4.78, 5) is 0. The van der Waals surface area contributed by atoms with Gasteiger partial charge in [-0.25, -0.2) is 8.78 Å². The molecule has 0 spiro atoms. The first-order valence-corrected chi connectivity index (χ1v) is 2.85. The van der Waals surface area contributed by atoms with Crippen LogP contribution in [0, 0.1) is 5.82 Å². The zero-order valence-electron chi connectivity index (χ0n) is 5.22. The maximum Gasteiger partial charge on any atom is 0.123 e. The standard InChI is InChI=1S/C8H6F2/c9-6-5-7-1-3-8(10)4-2-7/h1-6H/b6-5-. The summed E-state index contributed by atoms with van der Waals surface area (Å²) in [5.41, 5.74) is 0.656. The molecule has 0 aromatic heterocycles. The third-order valence-corrected chi connectivity index (χ3v) is 1.13. The van der Waals surface area contributed by atoms with Gasteiger partial charge in [-0.2, -0.15) is 0 Å². The zero-order chi connectivity index (χ0) is 7.40. The van der Waals surface area contributed by atoms with Crippen LogP contribution in [0.3, 0.4) is 0 Å². The maximum atomic E-state index is 12.2. The van der Waals surface area contributed by atoms with Gasteiger partial charge in [0.25, 0.3) is 0 Å². The normalized spacial score (nSPS) is 10.6. The summed E-state index contributed by atoms with van der Waals surface area (Å²) in [5.74, 6) is -0.309. The molecule has 10 heavy (non-hydrogen) atoms. The molecular formula is C8H6F2. The maximum absolute atomic E-state index is 12.2. The van der Waals surface area contributed by atoms with E-state index in [-0.39, 0.29) is 5.82 Å². The molecule has 1 rings (SSSR count). The second-order valence-electron chi connectivity index (χ2n) is 1.84. The highest BCUT2D eigenvalue weighted by molar-refractivity contribution is 5.47. The van der Waals surface area contributed by atoms with Gasteiger partial charge in [0, 0.05) is 0 Å². The van der Waals surface area contributed by atoms with Crippen molar-refractivity contribution in [3.05, 3.63) is 42.0 Å². The van der Waals surface area contributed by atoms with Gasteiger partial charge in [0.15, 0.2) is 0 Å². The molecule has 0 N–H and O–H groups in total. The average molecular weight is 140 g/mol. The molecule has 0 saturated heterocycles. The van der Waals surface area contributed by atoms with Gasteiger partial charge in [-0.05, 0) is 23.8 Å². The van der Waals surface area contributed by atoms with E-state index in [9.17, 15) is 8.78 Å². The first-order chi connectivity index (χ1) is 4.83. The molecule has 0 fully saturated rings. The Morgan fingerprint density at radius 3 is 2.20 bits per heavy atom. The van der Waals surface area contributed by atoms with Gasteiger partial charge in [0.05, 0.1) is 6.33 Å². The van der Waals surface area contributed by atoms with Crippen LogP contribution in [0.5, 0.6) is 0 Å². The van der Waals surface area contributed by atoms with Crippen LogP contribution >= 0.6 is 0 Å². The topological polar surface area (TPSA) is 0 Å². The van der Waals surface area contributed by atoms with E-state index in [1.165, 1.54) is 30.3 Å². The predicted octanol–water partition coefficient (Wildman–Crippen LogP) is 2.77. The molecule has 0 bridgehead atoms. The molecular weight excluding hydrogens is 134 g/mol. The highest BCUT2D eigenvalue weighted by Crippen LogP contribution is 2.03. The Morgan fingerprint density at radius 1 is 1.10 bits per heavy atom. The Hall–Kier alpha value is -1.18. The van der Waals surface area contributed by atoms with Gasteiger partial charge < -0.3 is 0 Å². The predicted molar refractivity (Wildman–Crippen MR) is 36.5 cm³/mol. The Bertz CT molecular complexity index is 224. The second kappa shape index (κ2) is 3.11. The average Bonchev–Trinajstić information content (AvgIpc) is 1.95. The van der Waals surface area contributed by atoms with Gasteiger partial charge in [-0.15, -0.1) is 0 Å². The molecule has 2 heteroatoms. The van der Waals surface area contributed by atoms with Crippen LogP contribution in [0.25, 0.3) is 6.08 Å². The first kappa shape index (κ1) is 6.93. The van der Waals surface area contributed by atoms with Gasteiger partial charge in [-0.1, -0.05) is 12.1 Å². The van der Waals surface area contributed by atoms with Crippen LogP contribution in [0.4, 0.5) is 8.78 Å². The van der Waals surface area contributed by atoms with E-state index in [0.717, 1.165) is 0 Å². The molecule has 0 aliphatic heterocycles. The molecule has 0 saturated carbocycles. The van der Waals surface area contributed by atoms with Gasteiger partial charge >= 0.3 is 0 Å². The third kappa shape index (κ3) is 1.65. The lowest BCUT2D eigenvalue weighted by molar-refractivity contribution is 0.627. The lowest BCUT2D eigenvalue weighted by Crippen LogP contribution is -1.72. The number of hydrogen-bond acceptors (Lipinski definition) is 0. The number of halogens is 2. The number of hydrogen-bond donors (Lipinski definition) is 0. The van der Waals surface area contributed by atoms with Crippen LogP contribution in [-0.2, 0) is 0 Å². The fourth-order valence-electron chi connectivity index (χ4n) is 0.647. The molecule has 0 heterocycles. The molecule has 1 aromatic carbocycles. The third-order valence-electron chi connectivity index (χ3n) is 1.13. The van der Waals surface area contributed by atoms with Crippen molar-refractivity contribution < 1.29 is 8.78 Å². The van der Waals surface area contributed by atoms with E-state index in [2.05, 4.69) is 0 Å². The molecule has 0 aliphatic rings. The molecule has 0 nitrogen and oxygen atoms in total. The smallest absolute Gasteiger partial charge is 0.123 e. The molecule has 0 radical (unpaired) electrons. The zero-order valence-corrected chi connectivity index (χ0v) is 5.22. The minimum Gasteiger partial charge on any atom is -0.216 e. The molecule has 0 amide bonds. The summed E-state index contributed by atoms with van der Waals surface area (Å²) in [7, 11) is 0. The molecule has 52 valence electrons. The number of rotatable bonds is 1. The van der Waals surface area contributed by atoms with Crippen LogP contribution in [-0.4, -0.2) is 0 Å². The van der Waals surface area contributed by atoms with E-state index < -0.39 is 0 Å². The summed E-state index contributed by atoms with van der Waals surface area (Å²) in [6.07, 6.45) is 1.69. The molecule has 0 unspecified atom stereocenters. The van der Waals surface area contributed by atoms with Crippen LogP contribution in [0.2, 0.25) is 0 Å². The molecule has 0 aliphatic carbocycles. The summed E-state index contributed by atoms with van der Waals surface area (Å²) in [5, 5.41) is 0. The SMILES string of the molecule is F/C=C\c1ccc(F)cc1. The monoisotopic (exact) mass is 140 g/mol. The Labute approximate surface area is 57.8 Å². The highest BCUT2D eigenvalue weighted by atomic mass is 19.1. The lowest BCUT2D eigenvalue weighted by Gasteiger charge is -1.89. The van der Waals surface area contributed by atoms with Crippen molar-refractivity contribution in [2.45, 2.75) is 0 Å². The summed E-state index contributed by atoms with van der Waals surface area (Å²) in [6.45, 7) is 0. The Balaban J connectivity index is 2.89. The van der Waals surface area contributed by atoms with E-state index in [1.807, 2.05) is 0 Å². The van der Waals surface area contributed by atoms with Crippen molar-refractivity contribution in [2.24, 2.45) is 0 Å². The van der Waals surface area contributed by atoms with Gasteiger partial charge in [0.2, 0.25) is 0 Å². The minimum absolute atomic E-state index is 0.309. The van der Waals surface area contributed by atoms with Crippen molar-refractivity contribution in [3.8, 4) is 0 Å². The summed E-state index contributed by atoms with van der Waals surface area (Å²) >= 11 is 0. The van der Waals surface area contributed by atoms with E-state index in [1.54, 1.807) is 0 Å². The van der Waals surface area contributed by atoms with Gasteiger partial charge in [0.1, 0.15) is 5.82 Å². The summed E-state index contributed by atoms with van der Waals surface area (Å²) in [6, 6.07) is 5.58. The van der Waals surface area contributed by atoms with Crippen molar-refractivity contribution in [1.82, 2.24) is 0 Å². The highest BCUT2D eigenvalue weighted by Gasteiger charge is 1.86. The second-order valence-corrected chi connectivity index (χ2v) is 1.84. The van der Waals surface area contributed by atoms with Crippen molar-refractivity contribution >= 4 is 6.08 Å². The van der Waals surface area contributed by atoms with E-state index >= 15 is 0 Å². The minimum atomic E-state index is -0.309. The van der Waals surface area contributed by atoms with E-state index in [0.29, 0.717) is 11.9 Å². The largest absolute Gasteiger partial charge is 0.216 e. The Morgan fingerprint density at radius 2 is 1.70 bits per heavy atom. The number of benzene rings is 1. The van der Waals surface area contributed by atoms with Crippen LogP contribution < -0.4 is 0 Å². The fraction of sp³-hybridized carbons (Fsp3) is 0. The quantitative estimate of drug-likeness (QED) is 0.562. The van der Waals surface area contributed by atoms with Crippen molar-refractivity contribution in [2.75, 3.05) is 0 Å². The first-order valence-electron chi connectivity index (χ1n) is 2.85.